The predicted molar refractivity (Wildman–Crippen MR) is 132 cm³/mol. The molecule has 0 unspecified atom stereocenters. The fourth-order valence-corrected chi connectivity index (χ4v) is 4.11. The highest BCUT2D eigenvalue weighted by molar-refractivity contribution is 5.83. The van der Waals surface area contributed by atoms with Crippen LogP contribution in [0.4, 0.5) is 4.79 Å². The van der Waals surface area contributed by atoms with Gasteiger partial charge < -0.3 is 19.7 Å². The van der Waals surface area contributed by atoms with Crippen LogP contribution in [-0.2, 0) is 16.1 Å². The molecule has 35 heavy (non-hydrogen) atoms. The Bertz CT molecular complexity index is 1150. The van der Waals surface area contributed by atoms with Gasteiger partial charge in [0.05, 0.1) is 19.8 Å². The van der Waals surface area contributed by atoms with E-state index in [2.05, 4.69) is 19.8 Å². The Labute approximate surface area is 204 Å². The van der Waals surface area contributed by atoms with Gasteiger partial charge in [0.2, 0.25) is 0 Å². The molecule has 1 aliphatic heterocycles. The maximum absolute atomic E-state index is 12.6. The van der Waals surface area contributed by atoms with E-state index >= 15 is 0 Å². The van der Waals surface area contributed by atoms with Crippen molar-refractivity contribution in [3.8, 4) is 11.4 Å². The number of pyridine rings is 1. The SMILES string of the molecule is CCOC(=O)[C@H](C)NC(=O)N1CCN(Cc2nc3cccnc3n2-c2ccc(OCC)cc2)CC1. The number of hydrogen-bond donors (Lipinski definition) is 1. The third-order valence-electron chi connectivity index (χ3n) is 5.90. The van der Waals surface area contributed by atoms with Crippen LogP contribution in [0.1, 0.15) is 26.6 Å². The van der Waals surface area contributed by atoms with Crippen molar-refractivity contribution in [1.82, 2.24) is 29.7 Å². The number of carbonyl (C=O) groups is 2. The summed E-state index contributed by atoms with van der Waals surface area (Å²) in [5.41, 5.74) is 2.61. The number of urea groups is 1. The largest absolute Gasteiger partial charge is 0.494 e. The smallest absolute Gasteiger partial charge is 0.328 e. The molecule has 0 radical (unpaired) electrons. The highest BCUT2D eigenvalue weighted by Gasteiger charge is 2.26. The zero-order valence-corrected chi connectivity index (χ0v) is 20.4. The number of esters is 1. The topological polar surface area (TPSA) is 102 Å². The van der Waals surface area contributed by atoms with E-state index in [0.717, 1.165) is 28.4 Å². The van der Waals surface area contributed by atoms with E-state index < -0.39 is 12.0 Å². The lowest BCUT2D eigenvalue weighted by Crippen LogP contribution is -2.54. The summed E-state index contributed by atoms with van der Waals surface area (Å²) < 4.78 is 12.6. The molecule has 2 aromatic heterocycles. The van der Waals surface area contributed by atoms with Gasteiger partial charge in [-0.1, -0.05) is 0 Å². The van der Waals surface area contributed by atoms with Gasteiger partial charge in [-0.05, 0) is 57.2 Å². The van der Waals surface area contributed by atoms with Gasteiger partial charge in [0, 0.05) is 38.1 Å². The summed E-state index contributed by atoms with van der Waals surface area (Å²) >= 11 is 0. The Morgan fingerprint density at radius 3 is 2.49 bits per heavy atom. The van der Waals surface area contributed by atoms with E-state index in [-0.39, 0.29) is 12.6 Å². The average molecular weight is 481 g/mol. The van der Waals surface area contributed by atoms with Crippen LogP contribution in [-0.4, -0.2) is 81.8 Å². The number of ether oxygens (including phenoxy) is 2. The second-order valence-corrected chi connectivity index (χ2v) is 8.32. The van der Waals surface area contributed by atoms with Crippen LogP contribution in [0.2, 0.25) is 0 Å². The van der Waals surface area contributed by atoms with E-state index in [9.17, 15) is 9.59 Å². The highest BCUT2D eigenvalue weighted by Crippen LogP contribution is 2.23. The number of fused-ring (bicyclic) bond motifs is 1. The van der Waals surface area contributed by atoms with Gasteiger partial charge in [-0.25, -0.2) is 19.6 Å². The third kappa shape index (κ3) is 5.71. The van der Waals surface area contributed by atoms with Gasteiger partial charge in [-0.2, -0.15) is 0 Å². The molecule has 1 fully saturated rings. The standard InChI is InChI=1S/C25H32N6O4/c1-4-34-20-10-8-19(9-11-20)31-22(28-21-7-6-12-26-23(21)31)17-29-13-15-30(16-14-29)25(33)27-18(3)24(32)35-5-2/h6-12,18H,4-5,13-17H2,1-3H3,(H,27,33)/t18-/m0/s1. The summed E-state index contributed by atoms with van der Waals surface area (Å²) in [5.74, 6) is 1.28. The van der Waals surface area contributed by atoms with Gasteiger partial charge in [0.25, 0.3) is 0 Å². The first kappa shape index (κ1) is 24.5. The molecule has 3 aromatic rings. The van der Waals surface area contributed by atoms with Crippen LogP contribution in [0, 0.1) is 0 Å². The Balaban J connectivity index is 1.44. The quantitative estimate of drug-likeness (QED) is 0.495. The van der Waals surface area contributed by atoms with E-state index in [0.29, 0.717) is 39.3 Å². The molecule has 1 N–H and O–H groups in total. The van der Waals surface area contributed by atoms with Crippen LogP contribution in [0.3, 0.4) is 0 Å². The van der Waals surface area contributed by atoms with Crippen molar-refractivity contribution in [3.05, 3.63) is 48.4 Å². The van der Waals surface area contributed by atoms with Crippen molar-refractivity contribution in [3.63, 3.8) is 0 Å². The molecule has 1 aromatic carbocycles. The predicted octanol–water partition coefficient (Wildman–Crippen LogP) is 2.60. The molecule has 2 amide bonds. The second kappa shape index (κ2) is 11.2. The summed E-state index contributed by atoms with van der Waals surface area (Å²) in [6.07, 6.45) is 1.77. The lowest BCUT2D eigenvalue weighted by atomic mass is 10.2. The Hall–Kier alpha value is -3.66. The minimum absolute atomic E-state index is 0.254. The fraction of sp³-hybridized carbons (Fsp3) is 0.440. The highest BCUT2D eigenvalue weighted by atomic mass is 16.5. The Morgan fingerprint density at radius 1 is 1.06 bits per heavy atom. The lowest BCUT2D eigenvalue weighted by molar-refractivity contribution is -0.144. The summed E-state index contributed by atoms with van der Waals surface area (Å²) in [6.45, 7) is 9.37. The lowest BCUT2D eigenvalue weighted by Gasteiger charge is -2.35. The molecule has 0 bridgehead atoms. The van der Waals surface area contributed by atoms with Crippen molar-refractivity contribution in [2.75, 3.05) is 39.4 Å². The molecule has 1 saturated heterocycles. The van der Waals surface area contributed by atoms with Crippen LogP contribution in [0.15, 0.2) is 42.6 Å². The van der Waals surface area contributed by atoms with Crippen molar-refractivity contribution in [2.45, 2.75) is 33.4 Å². The first-order valence-corrected chi connectivity index (χ1v) is 12.0. The molecule has 0 aliphatic carbocycles. The molecular weight excluding hydrogens is 448 g/mol. The first-order chi connectivity index (χ1) is 17.0. The van der Waals surface area contributed by atoms with Crippen LogP contribution >= 0.6 is 0 Å². The minimum atomic E-state index is -0.679. The molecule has 1 atom stereocenters. The Morgan fingerprint density at radius 2 is 1.80 bits per heavy atom. The van der Waals surface area contributed by atoms with Gasteiger partial charge in [0.15, 0.2) is 5.65 Å². The summed E-state index contributed by atoms with van der Waals surface area (Å²) in [6, 6.07) is 10.8. The minimum Gasteiger partial charge on any atom is -0.494 e. The van der Waals surface area contributed by atoms with Gasteiger partial charge in [0.1, 0.15) is 23.1 Å². The number of benzene rings is 1. The maximum Gasteiger partial charge on any atom is 0.328 e. The zero-order valence-electron chi connectivity index (χ0n) is 20.4. The number of amides is 2. The molecule has 10 heteroatoms. The number of carbonyl (C=O) groups excluding carboxylic acids is 2. The first-order valence-electron chi connectivity index (χ1n) is 12.0. The zero-order chi connectivity index (χ0) is 24.8. The second-order valence-electron chi connectivity index (χ2n) is 8.32. The summed E-state index contributed by atoms with van der Waals surface area (Å²) in [4.78, 5) is 37.8. The Kier molecular flexibility index (Phi) is 7.81. The normalized spacial score (nSPS) is 15.1. The molecular formula is C25H32N6O4. The van der Waals surface area contributed by atoms with Crippen molar-refractivity contribution < 1.29 is 19.1 Å². The van der Waals surface area contributed by atoms with E-state index in [1.54, 1.807) is 24.9 Å². The number of piperazine rings is 1. The van der Waals surface area contributed by atoms with E-state index in [1.165, 1.54) is 0 Å². The third-order valence-corrected chi connectivity index (χ3v) is 5.90. The number of aromatic nitrogens is 3. The molecule has 0 spiro atoms. The van der Waals surface area contributed by atoms with Gasteiger partial charge in [-0.15, -0.1) is 0 Å². The van der Waals surface area contributed by atoms with Crippen molar-refractivity contribution >= 4 is 23.2 Å². The van der Waals surface area contributed by atoms with Gasteiger partial charge >= 0.3 is 12.0 Å². The monoisotopic (exact) mass is 480 g/mol. The van der Waals surface area contributed by atoms with E-state index in [1.807, 2.05) is 43.3 Å². The van der Waals surface area contributed by atoms with Crippen molar-refractivity contribution in [2.24, 2.45) is 0 Å². The molecule has 1 aliphatic rings. The van der Waals surface area contributed by atoms with Gasteiger partial charge in [-0.3, -0.25) is 9.47 Å². The van der Waals surface area contributed by atoms with E-state index in [4.69, 9.17) is 14.5 Å². The maximum atomic E-state index is 12.6. The number of nitrogens with one attached hydrogen (secondary N) is 1. The molecule has 0 saturated carbocycles. The number of hydrogen-bond acceptors (Lipinski definition) is 7. The molecule has 186 valence electrons. The molecule has 10 nitrogen and oxygen atoms in total. The van der Waals surface area contributed by atoms with Crippen molar-refractivity contribution in [1.29, 1.82) is 0 Å². The summed E-state index contributed by atoms with van der Waals surface area (Å²) in [5, 5.41) is 2.72. The van der Waals surface area contributed by atoms with Crippen LogP contribution in [0.25, 0.3) is 16.9 Å². The fourth-order valence-electron chi connectivity index (χ4n) is 4.11. The summed E-state index contributed by atoms with van der Waals surface area (Å²) in [7, 11) is 0. The molecule has 4 rings (SSSR count). The molecule has 3 heterocycles. The van der Waals surface area contributed by atoms with Crippen LogP contribution in [0.5, 0.6) is 5.75 Å². The number of nitrogens with zero attached hydrogens (tertiary/aromatic N) is 5. The number of rotatable bonds is 8. The average Bonchev–Trinajstić information content (AvgIpc) is 3.23. The van der Waals surface area contributed by atoms with Crippen LogP contribution < -0.4 is 10.1 Å². The number of imidazole rings is 1.